The fourth-order valence-electron chi connectivity index (χ4n) is 2.86. The molecular weight excluding hydrogens is 401 g/mol. The number of amides is 1. The Bertz CT molecular complexity index is 992. The molecule has 0 aliphatic carbocycles. The van der Waals surface area contributed by atoms with E-state index >= 15 is 0 Å². The van der Waals surface area contributed by atoms with Crippen LogP contribution in [0.15, 0.2) is 53.8 Å². The molecule has 0 spiro atoms. The molecule has 5 nitrogen and oxygen atoms in total. The molecule has 1 aromatic heterocycles. The first kappa shape index (κ1) is 20.2. The Balaban J connectivity index is 1.93. The fourth-order valence-corrected chi connectivity index (χ4v) is 3.60. The Hall–Kier alpha value is -2.51. The van der Waals surface area contributed by atoms with E-state index in [1.54, 1.807) is 54.0 Å². The second-order valence-electron chi connectivity index (χ2n) is 6.06. The first-order chi connectivity index (χ1) is 13.4. The fraction of sp³-hybridized carbons (Fsp3) is 0.200. The molecule has 146 valence electrons. The summed E-state index contributed by atoms with van der Waals surface area (Å²) in [6.07, 6.45) is 3.40. The number of aromatic nitrogens is 2. The van der Waals surface area contributed by atoms with Crippen LogP contribution in [0.4, 0.5) is 4.39 Å². The Morgan fingerprint density at radius 2 is 2.00 bits per heavy atom. The van der Waals surface area contributed by atoms with Gasteiger partial charge in [0.05, 0.1) is 13.3 Å². The van der Waals surface area contributed by atoms with Crippen LogP contribution in [-0.2, 0) is 6.54 Å². The van der Waals surface area contributed by atoms with Gasteiger partial charge in [-0.3, -0.25) is 9.36 Å². The maximum atomic E-state index is 13.3. The first-order valence-electron chi connectivity index (χ1n) is 8.40. The summed E-state index contributed by atoms with van der Waals surface area (Å²) in [6.45, 7) is 0.311. The minimum absolute atomic E-state index is 0.223. The number of nitrogens with zero attached hydrogens (tertiary/aromatic N) is 3. The maximum absolute atomic E-state index is 13.3. The lowest BCUT2D eigenvalue weighted by Gasteiger charge is -2.20. The van der Waals surface area contributed by atoms with E-state index in [0.717, 1.165) is 5.56 Å². The van der Waals surface area contributed by atoms with Gasteiger partial charge in [-0.1, -0.05) is 23.4 Å². The lowest BCUT2D eigenvalue weighted by atomic mass is 10.2. The third kappa shape index (κ3) is 4.15. The van der Waals surface area contributed by atoms with Gasteiger partial charge >= 0.3 is 0 Å². The monoisotopic (exact) mass is 419 g/mol. The Kier molecular flexibility index (Phi) is 6.26. The van der Waals surface area contributed by atoms with Crippen molar-refractivity contribution in [1.82, 2.24) is 14.5 Å². The molecule has 2 aromatic carbocycles. The van der Waals surface area contributed by atoms with Crippen molar-refractivity contribution in [2.75, 3.05) is 20.4 Å². The highest BCUT2D eigenvalue weighted by Crippen LogP contribution is 2.26. The summed E-state index contributed by atoms with van der Waals surface area (Å²) in [5.41, 5.74) is 1.85. The molecule has 0 atom stereocenters. The summed E-state index contributed by atoms with van der Waals surface area (Å²) in [5, 5.41) is 1.21. The molecule has 0 saturated carbocycles. The van der Waals surface area contributed by atoms with Crippen LogP contribution < -0.4 is 4.74 Å². The molecule has 3 rings (SSSR count). The van der Waals surface area contributed by atoms with Gasteiger partial charge < -0.3 is 9.64 Å². The number of hydrogen-bond donors (Lipinski definition) is 0. The van der Waals surface area contributed by atoms with E-state index < -0.39 is 0 Å². The summed E-state index contributed by atoms with van der Waals surface area (Å²) in [4.78, 5) is 19.0. The summed E-state index contributed by atoms with van der Waals surface area (Å²) in [7, 11) is 3.27. The lowest BCUT2D eigenvalue weighted by molar-refractivity contribution is 0.0775. The number of ether oxygens (including phenoxy) is 1. The van der Waals surface area contributed by atoms with Crippen molar-refractivity contribution >= 4 is 29.3 Å². The van der Waals surface area contributed by atoms with Crippen molar-refractivity contribution in [2.45, 2.75) is 11.7 Å². The zero-order chi connectivity index (χ0) is 20.3. The molecule has 0 aliphatic rings. The minimum Gasteiger partial charge on any atom is -0.496 e. The van der Waals surface area contributed by atoms with Gasteiger partial charge in [0.15, 0.2) is 5.16 Å². The number of carbonyl (C=O) groups excluding carboxylic acids is 1. The van der Waals surface area contributed by atoms with Gasteiger partial charge in [-0.15, -0.1) is 0 Å². The van der Waals surface area contributed by atoms with Gasteiger partial charge in [-0.2, -0.15) is 0 Å². The van der Waals surface area contributed by atoms with E-state index in [1.807, 2.05) is 6.26 Å². The number of benzene rings is 2. The van der Waals surface area contributed by atoms with Crippen LogP contribution in [-0.4, -0.2) is 40.8 Å². The highest BCUT2D eigenvalue weighted by Gasteiger charge is 2.22. The number of carbonyl (C=O) groups is 1. The second-order valence-corrected chi connectivity index (χ2v) is 7.27. The number of thioether (sulfide) groups is 1. The van der Waals surface area contributed by atoms with Crippen LogP contribution in [0.25, 0.3) is 5.69 Å². The normalized spacial score (nSPS) is 10.8. The van der Waals surface area contributed by atoms with Crippen LogP contribution in [0.1, 0.15) is 16.1 Å². The molecule has 8 heteroatoms. The smallest absolute Gasteiger partial charge is 0.272 e. The Morgan fingerprint density at radius 3 is 2.64 bits per heavy atom. The van der Waals surface area contributed by atoms with Crippen molar-refractivity contribution in [3.8, 4) is 11.4 Å². The van der Waals surface area contributed by atoms with Gasteiger partial charge in [0.2, 0.25) is 0 Å². The maximum Gasteiger partial charge on any atom is 0.272 e. The lowest BCUT2D eigenvalue weighted by Crippen LogP contribution is -2.28. The van der Waals surface area contributed by atoms with Crippen LogP contribution >= 0.6 is 23.4 Å². The third-order valence-electron chi connectivity index (χ3n) is 4.21. The van der Waals surface area contributed by atoms with Crippen molar-refractivity contribution in [3.63, 3.8) is 0 Å². The van der Waals surface area contributed by atoms with Gasteiger partial charge in [-0.05, 0) is 48.7 Å². The zero-order valence-corrected chi connectivity index (χ0v) is 17.2. The molecule has 0 aliphatic heterocycles. The molecule has 0 fully saturated rings. The molecule has 0 bridgehead atoms. The highest BCUT2D eigenvalue weighted by molar-refractivity contribution is 7.98. The average molecular weight is 420 g/mol. The van der Waals surface area contributed by atoms with Crippen molar-refractivity contribution in [1.29, 1.82) is 0 Å². The van der Waals surface area contributed by atoms with E-state index in [0.29, 0.717) is 33.9 Å². The van der Waals surface area contributed by atoms with Crippen LogP contribution in [0.3, 0.4) is 0 Å². The molecule has 1 amide bonds. The summed E-state index contributed by atoms with van der Waals surface area (Å²) < 4.78 is 20.4. The quantitative estimate of drug-likeness (QED) is 0.545. The Labute approximate surface area is 172 Å². The number of halogens is 2. The topological polar surface area (TPSA) is 47.4 Å². The van der Waals surface area contributed by atoms with Gasteiger partial charge in [0, 0.05) is 29.9 Å². The van der Waals surface area contributed by atoms with Gasteiger partial charge in [0.1, 0.15) is 17.3 Å². The largest absolute Gasteiger partial charge is 0.496 e. The molecule has 0 unspecified atom stereocenters. The van der Waals surface area contributed by atoms with E-state index in [2.05, 4.69) is 4.98 Å². The van der Waals surface area contributed by atoms with E-state index in [1.165, 1.54) is 30.1 Å². The predicted octanol–water partition coefficient (Wildman–Crippen LogP) is 4.67. The number of rotatable bonds is 6. The highest BCUT2D eigenvalue weighted by atomic mass is 35.5. The second kappa shape index (κ2) is 8.67. The molecule has 1 heterocycles. The van der Waals surface area contributed by atoms with E-state index in [-0.39, 0.29) is 11.7 Å². The molecule has 3 aromatic rings. The van der Waals surface area contributed by atoms with Crippen molar-refractivity contribution < 1.29 is 13.9 Å². The van der Waals surface area contributed by atoms with Crippen LogP contribution in [0.2, 0.25) is 5.02 Å². The first-order valence-corrected chi connectivity index (χ1v) is 10.0. The zero-order valence-electron chi connectivity index (χ0n) is 15.6. The average Bonchev–Trinajstić information content (AvgIpc) is 3.12. The molecule has 0 N–H and O–H groups in total. The van der Waals surface area contributed by atoms with Gasteiger partial charge in [0.25, 0.3) is 5.91 Å². The Morgan fingerprint density at radius 1 is 1.29 bits per heavy atom. The predicted molar refractivity (Wildman–Crippen MR) is 109 cm³/mol. The van der Waals surface area contributed by atoms with E-state index in [9.17, 15) is 9.18 Å². The number of methoxy groups -OCH3 is 1. The molecule has 0 radical (unpaired) electrons. The van der Waals surface area contributed by atoms with Crippen LogP contribution in [0, 0.1) is 5.82 Å². The number of hydrogen-bond acceptors (Lipinski definition) is 4. The SMILES string of the molecule is COc1ccc(Cl)cc1CN(C)C(=O)c1cnc(SC)n1-c1ccc(F)cc1. The molecular formula is C20H19ClFN3O2S. The number of imidazole rings is 1. The van der Waals surface area contributed by atoms with Crippen molar-refractivity contribution in [3.05, 3.63) is 70.8 Å². The third-order valence-corrected chi connectivity index (χ3v) is 5.10. The molecule has 28 heavy (non-hydrogen) atoms. The standard InChI is InChI=1S/C20H19ClFN3O2S/c1-24(12-13-10-14(21)4-9-18(13)27-2)19(26)17-11-23-20(28-3)25(17)16-7-5-15(22)6-8-16/h4-11H,12H2,1-3H3. The molecule has 0 saturated heterocycles. The summed E-state index contributed by atoms with van der Waals surface area (Å²) in [6, 6.07) is 11.2. The van der Waals surface area contributed by atoms with E-state index in [4.69, 9.17) is 16.3 Å². The minimum atomic E-state index is -0.340. The summed E-state index contributed by atoms with van der Waals surface area (Å²) >= 11 is 7.49. The van der Waals surface area contributed by atoms with Crippen LogP contribution in [0.5, 0.6) is 5.75 Å². The summed E-state index contributed by atoms with van der Waals surface area (Å²) in [5.74, 6) is 0.0904. The van der Waals surface area contributed by atoms with Gasteiger partial charge in [-0.25, -0.2) is 9.37 Å². The van der Waals surface area contributed by atoms with Crippen molar-refractivity contribution in [2.24, 2.45) is 0 Å².